The van der Waals surface area contributed by atoms with Crippen LogP contribution in [0.1, 0.15) is 159 Å². The van der Waals surface area contributed by atoms with Crippen LogP contribution in [0.3, 0.4) is 0 Å². The quantitative estimate of drug-likeness (QED) is 0.151. The van der Waals surface area contributed by atoms with E-state index in [1.165, 1.54) is 55.2 Å². The molecule has 0 fully saturated rings. The van der Waals surface area contributed by atoms with Gasteiger partial charge < -0.3 is 5.73 Å². The predicted molar refractivity (Wildman–Crippen MR) is 162 cm³/mol. The monoisotopic (exact) mass is 488 g/mol. The minimum atomic E-state index is -0.0257. The highest BCUT2D eigenvalue weighted by molar-refractivity contribution is 4.99. The summed E-state index contributed by atoms with van der Waals surface area (Å²) < 4.78 is 0. The number of allylic oxidation sites excluding steroid dienone is 3. The molecule has 0 unspecified atom stereocenters. The third-order valence-corrected chi connectivity index (χ3v) is 6.71. The van der Waals surface area contributed by atoms with Gasteiger partial charge in [0, 0.05) is 5.54 Å². The smallest absolute Gasteiger partial charge is 0.0154 e. The second-order valence-corrected chi connectivity index (χ2v) is 15.4. The van der Waals surface area contributed by atoms with Crippen molar-refractivity contribution in [3.63, 3.8) is 0 Å². The fraction of sp³-hybridized carbons (Fsp3) is 0.824. The van der Waals surface area contributed by atoms with Crippen LogP contribution in [0.2, 0.25) is 0 Å². The second kappa shape index (κ2) is 15.4. The molecule has 1 nitrogen and oxygen atoms in total. The van der Waals surface area contributed by atoms with Gasteiger partial charge in [-0.2, -0.15) is 0 Å². The molecule has 206 valence electrons. The lowest BCUT2D eigenvalue weighted by atomic mass is 9.81. The number of nitrogens with two attached hydrogens (primary N) is 1. The van der Waals surface area contributed by atoms with Gasteiger partial charge in [0.25, 0.3) is 0 Å². The summed E-state index contributed by atoms with van der Waals surface area (Å²) in [6, 6.07) is 0. The fourth-order valence-corrected chi connectivity index (χ4v) is 5.45. The van der Waals surface area contributed by atoms with E-state index in [1.54, 1.807) is 0 Å². The molecule has 0 rings (SSSR count). The average molecular weight is 488 g/mol. The SMILES string of the molecule is C=C(CCCCC(N)(CCCCC(=C)CC(C)(C)C)CCCCC(=C)CC(C)(C)C)CC(C)(C)C. The van der Waals surface area contributed by atoms with Crippen molar-refractivity contribution in [2.24, 2.45) is 22.0 Å². The molecule has 0 aromatic carbocycles. The molecule has 0 atom stereocenters. The average Bonchev–Trinajstić information content (AvgIpc) is 2.62. The van der Waals surface area contributed by atoms with Crippen LogP contribution in [0.15, 0.2) is 36.5 Å². The summed E-state index contributed by atoms with van der Waals surface area (Å²) in [5.41, 5.74) is 12.3. The Balaban J connectivity index is 4.66. The minimum Gasteiger partial charge on any atom is -0.325 e. The summed E-state index contributed by atoms with van der Waals surface area (Å²) in [5, 5.41) is 0. The van der Waals surface area contributed by atoms with Gasteiger partial charge >= 0.3 is 0 Å². The number of unbranched alkanes of at least 4 members (excludes halogenated alkanes) is 3. The van der Waals surface area contributed by atoms with Crippen molar-refractivity contribution in [2.45, 2.75) is 164 Å². The van der Waals surface area contributed by atoms with E-state index in [4.69, 9.17) is 5.73 Å². The lowest BCUT2D eigenvalue weighted by molar-refractivity contribution is 0.305. The Hall–Kier alpha value is -0.820. The molecule has 0 aliphatic carbocycles. The van der Waals surface area contributed by atoms with E-state index in [-0.39, 0.29) is 5.54 Å². The topological polar surface area (TPSA) is 26.0 Å². The molecule has 0 aliphatic rings. The van der Waals surface area contributed by atoms with Crippen molar-refractivity contribution in [3.05, 3.63) is 36.5 Å². The Morgan fingerprint density at radius 2 is 0.686 bits per heavy atom. The van der Waals surface area contributed by atoms with E-state index in [1.807, 2.05) is 0 Å². The van der Waals surface area contributed by atoms with Gasteiger partial charge in [-0.15, -0.1) is 0 Å². The van der Waals surface area contributed by atoms with Crippen molar-refractivity contribution in [1.29, 1.82) is 0 Å². The van der Waals surface area contributed by atoms with Gasteiger partial charge in [-0.1, -0.05) is 118 Å². The van der Waals surface area contributed by atoms with Crippen LogP contribution in [-0.4, -0.2) is 5.54 Å². The summed E-state index contributed by atoms with van der Waals surface area (Å²) in [5.74, 6) is 0. The molecule has 2 N–H and O–H groups in total. The molecule has 0 spiro atoms. The van der Waals surface area contributed by atoms with Gasteiger partial charge in [0.15, 0.2) is 0 Å². The van der Waals surface area contributed by atoms with E-state index in [9.17, 15) is 0 Å². The maximum Gasteiger partial charge on any atom is 0.0154 e. The molecule has 0 aromatic heterocycles. The lowest BCUT2D eigenvalue weighted by Crippen LogP contribution is -2.39. The van der Waals surface area contributed by atoms with E-state index < -0.39 is 0 Å². The van der Waals surface area contributed by atoms with Crippen LogP contribution in [-0.2, 0) is 0 Å². The normalized spacial score (nSPS) is 13.2. The van der Waals surface area contributed by atoms with Gasteiger partial charge in [-0.3, -0.25) is 0 Å². The molecule has 0 bridgehead atoms. The number of hydrogen-bond acceptors (Lipinski definition) is 1. The molecule has 0 amide bonds. The van der Waals surface area contributed by atoms with Crippen LogP contribution in [0.4, 0.5) is 0 Å². The summed E-state index contributed by atoms with van der Waals surface area (Å²) in [7, 11) is 0. The molecule has 0 heterocycles. The van der Waals surface area contributed by atoms with Crippen molar-refractivity contribution in [2.75, 3.05) is 0 Å². The molecule has 0 saturated carbocycles. The highest BCUT2D eigenvalue weighted by Gasteiger charge is 2.24. The highest BCUT2D eigenvalue weighted by Crippen LogP contribution is 2.31. The van der Waals surface area contributed by atoms with Crippen LogP contribution in [0.25, 0.3) is 0 Å². The van der Waals surface area contributed by atoms with Crippen LogP contribution >= 0.6 is 0 Å². The molecule has 0 saturated heterocycles. The number of rotatable bonds is 18. The highest BCUT2D eigenvalue weighted by atomic mass is 14.7. The van der Waals surface area contributed by atoms with Crippen molar-refractivity contribution < 1.29 is 0 Å². The first-order chi connectivity index (χ1) is 15.8. The third-order valence-electron chi connectivity index (χ3n) is 6.71. The molecule has 0 aliphatic heterocycles. The first kappa shape index (κ1) is 34.2. The summed E-state index contributed by atoms with van der Waals surface area (Å²) in [6.07, 6.45) is 17.5. The van der Waals surface area contributed by atoms with Crippen LogP contribution in [0, 0.1) is 16.2 Å². The fourth-order valence-electron chi connectivity index (χ4n) is 5.45. The molecule has 35 heavy (non-hydrogen) atoms. The van der Waals surface area contributed by atoms with E-state index in [0.717, 1.165) is 57.8 Å². The van der Waals surface area contributed by atoms with Crippen molar-refractivity contribution >= 4 is 0 Å². The van der Waals surface area contributed by atoms with E-state index in [2.05, 4.69) is 82.1 Å². The summed E-state index contributed by atoms with van der Waals surface area (Å²) in [4.78, 5) is 0. The minimum absolute atomic E-state index is 0.0257. The second-order valence-electron chi connectivity index (χ2n) is 15.4. The predicted octanol–water partition coefficient (Wildman–Crippen LogP) is 11.3. The molecule has 0 aromatic rings. The largest absolute Gasteiger partial charge is 0.325 e. The Morgan fingerprint density at radius 1 is 0.457 bits per heavy atom. The molecular weight excluding hydrogens is 422 g/mol. The van der Waals surface area contributed by atoms with E-state index >= 15 is 0 Å². The third kappa shape index (κ3) is 22.1. The van der Waals surface area contributed by atoms with Crippen molar-refractivity contribution in [1.82, 2.24) is 0 Å². The molecule has 1 heteroatoms. The van der Waals surface area contributed by atoms with Gasteiger partial charge in [-0.25, -0.2) is 0 Å². The number of hydrogen-bond donors (Lipinski definition) is 1. The maximum absolute atomic E-state index is 7.09. The van der Waals surface area contributed by atoms with Crippen LogP contribution < -0.4 is 5.73 Å². The summed E-state index contributed by atoms with van der Waals surface area (Å²) >= 11 is 0. The Kier molecular flexibility index (Phi) is 15.1. The van der Waals surface area contributed by atoms with Crippen LogP contribution in [0.5, 0.6) is 0 Å². The van der Waals surface area contributed by atoms with Gasteiger partial charge in [0.1, 0.15) is 0 Å². The lowest BCUT2D eigenvalue weighted by Gasteiger charge is -2.31. The zero-order chi connectivity index (χ0) is 27.3. The standard InChI is InChI=1S/C34H65N/c1-28(25-31(4,5)6)19-13-16-22-34(35,23-17-14-20-29(2)26-32(7,8)9)24-18-15-21-30(3)27-33(10,11)12/h1-3,13-27,35H2,4-12H3. The summed E-state index contributed by atoms with van der Waals surface area (Å²) in [6.45, 7) is 33.7. The van der Waals surface area contributed by atoms with Crippen molar-refractivity contribution in [3.8, 4) is 0 Å². The van der Waals surface area contributed by atoms with E-state index in [0.29, 0.717) is 16.2 Å². The van der Waals surface area contributed by atoms with Gasteiger partial charge in [0.05, 0.1) is 0 Å². The Morgan fingerprint density at radius 3 is 0.886 bits per heavy atom. The first-order valence-electron chi connectivity index (χ1n) is 14.6. The Bertz CT molecular complexity index is 541. The van der Waals surface area contributed by atoms with Gasteiger partial charge in [0.2, 0.25) is 0 Å². The first-order valence-corrected chi connectivity index (χ1v) is 14.6. The zero-order valence-corrected chi connectivity index (χ0v) is 25.8. The van der Waals surface area contributed by atoms with Gasteiger partial charge in [-0.05, 0) is 93.3 Å². The molecular formula is C34H65N. The maximum atomic E-state index is 7.09. The zero-order valence-electron chi connectivity index (χ0n) is 25.8. The Labute approximate surface area is 222 Å². The molecule has 0 radical (unpaired) electrons.